The highest BCUT2D eigenvalue weighted by molar-refractivity contribution is 8.14. The number of primary amides is 1. The molecule has 1 fully saturated rings. The second kappa shape index (κ2) is 7.87. The van der Waals surface area contributed by atoms with Crippen LogP contribution in [0.1, 0.15) is 37.3 Å². The number of nitrogens with zero attached hydrogens (tertiary/aromatic N) is 1. The number of hydrogen-bond donors (Lipinski definition) is 1. The predicted molar refractivity (Wildman–Crippen MR) is 110 cm³/mol. The van der Waals surface area contributed by atoms with Gasteiger partial charge in [-0.05, 0) is 61.8 Å². The van der Waals surface area contributed by atoms with Crippen molar-refractivity contribution in [1.29, 1.82) is 0 Å². The Morgan fingerprint density at radius 2 is 2.00 bits per heavy atom. The molecule has 160 valence electrons. The molecule has 2 N–H and O–H groups in total. The Balaban J connectivity index is 1.47. The Hall–Kier alpha value is -2.09. The molecule has 2 aliphatic carbocycles. The van der Waals surface area contributed by atoms with E-state index in [4.69, 9.17) is 5.73 Å². The maximum atomic E-state index is 13.7. The van der Waals surface area contributed by atoms with Gasteiger partial charge in [-0.25, -0.2) is 4.39 Å². The Morgan fingerprint density at radius 3 is 2.63 bits per heavy atom. The third kappa shape index (κ3) is 4.48. The normalized spacial score (nSPS) is 26.8. The number of nitrogens with two attached hydrogens (primary N) is 1. The average Bonchev–Trinajstić information content (AvgIpc) is 3.43. The van der Waals surface area contributed by atoms with Gasteiger partial charge in [-0.3, -0.25) is 9.79 Å². The zero-order valence-electron chi connectivity index (χ0n) is 16.4. The van der Waals surface area contributed by atoms with E-state index < -0.39 is 23.5 Å². The number of halogens is 4. The SMILES string of the molecule is CC1N=C(Cc2cc(F)cc(C(F)(F)F)c2)SC1C1C=CC(C(N)=O)=C(C2CC2)C1. The maximum Gasteiger partial charge on any atom is 0.416 e. The van der Waals surface area contributed by atoms with Crippen molar-refractivity contribution in [3.63, 3.8) is 0 Å². The first-order valence-electron chi connectivity index (χ1n) is 9.93. The molecule has 1 aromatic carbocycles. The molecule has 1 aliphatic heterocycles. The molecular formula is C22H22F4N2OS. The van der Waals surface area contributed by atoms with Crippen molar-refractivity contribution in [2.75, 3.05) is 0 Å². The topological polar surface area (TPSA) is 55.4 Å². The minimum Gasteiger partial charge on any atom is -0.366 e. The molecule has 3 aliphatic rings. The van der Waals surface area contributed by atoms with E-state index in [2.05, 4.69) is 4.99 Å². The van der Waals surface area contributed by atoms with E-state index in [0.29, 0.717) is 22.6 Å². The summed E-state index contributed by atoms with van der Waals surface area (Å²) in [5, 5.41) is 0.826. The molecule has 3 nitrogen and oxygen atoms in total. The van der Waals surface area contributed by atoms with Gasteiger partial charge in [0.2, 0.25) is 5.91 Å². The number of rotatable bonds is 5. The largest absolute Gasteiger partial charge is 0.416 e. The Bertz CT molecular complexity index is 962. The van der Waals surface area contributed by atoms with Gasteiger partial charge in [0.25, 0.3) is 0 Å². The van der Waals surface area contributed by atoms with Crippen LogP contribution in [0.5, 0.6) is 0 Å². The van der Waals surface area contributed by atoms with Crippen LogP contribution in [0, 0.1) is 17.7 Å². The zero-order valence-corrected chi connectivity index (χ0v) is 17.2. The third-order valence-corrected chi connectivity index (χ3v) is 7.34. The van der Waals surface area contributed by atoms with E-state index in [1.54, 1.807) is 0 Å². The minimum absolute atomic E-state index is 0.0223. The fraction of sp³-hybridized carbons (Fsp3) is 0.455. The molecule has 0 saturated heterocycles. The second-order valence-electron chi connectivity index (χ2n) is 8.17. The number of benzene rings is 1. The van der Waals surface area contributed by atoms with Crippen LogP contribution in [0.15, 0.2) is 46.5 Å². The first-order chi connectivity index (χ1) is 14.1. The van der Waals surface area contributed by atoms with E-state index in [0.717, 1.165) is 37.0 Å². The number of hydrogen-bond acceptors (Lipinski definition) is 3. The van der Waals surface area contributed by atoms with Gasteiger partial charge in [-0.2, -0.15) is 13.2 Å². The molecule has 30 heavy (non-hydrogen) atoms. The number of carbonyl (C=O) groups excluding carboxylic acids is 1. The van der Waals surface area contributed by atoms with Gasteiger partial charge in [0.1, 0.15) is 5.82 Å². The average molecular weight is 438 g/mol. The highest BCUT2D eigenvalue weighted by Crippen LogP contribution is 2.46. The quantitative estimate of drug-likeness (QED) is 0.654. The zero-order chi connectivity index (χ0) is 21.6. The molecule has 4 rings (SSSR count). The Kier molecular flexibility index (Phi) is 5.55. The summed E-state index contributed by atoms with van der Waals surface area (Å²) < 4.78 is 52.6. The van der Waals surface area contributed by atoms with E-state index >= 15 is 0 Å². The molecule has 0 bridgehead atoms. The van der Waals surface area contributed by atoms with Crippen LogP contribution in [0.3, 0.4) is 0 Å². The number of aliphatic imine (C=N–C) groups is 1. The lowest BCUT2D eigenvalue weighted by Gasteiger charge is -2.27. The summed E-state index contributed by atoms with van der Waals surface area (Å²) >= 11 is 1.54. The van der Waals surface area contributed by atoms with E-state index in [1.807, 2.05) is 19.1 Å². The van der Waals surface area contributed by atoms with Crippen LogP contribution >= 0.6 is 11.8 Å². The number of allylic oxidation sites excluding steroid dienone is 2. The van der Waals surface area contributed by atoms with Crippen LogP contribution in [0.2, 0.25) is 0 Å². The third-order valence-electron chi connectivity index (χ3n) is 5.80. The van der Waals surface area contributed by atoms with Crippen LogP contribution in [0.4, 0.5) is 17.6 Å². The maximum absolute atomic E-state index is 13.7. The highest BCUT2D eigenvalue weighted by atomic mass is 32.2. The van der Waals surface area contributed by atoms with Crippen LogP contribution in [-0.4, -0.2) is 22.2 Å². The Labute approximate surface area is 176 Å². The van der Waals surface area contributed by atoms with E-state index in [9.17, 15) is 22.4 Å². The summed E-state index contributed by atoms with van der Waals surface area (Å²) in [6.07, 6.45) is 2.29. The molecule has 0 aromatic heterocycles. The van der Waals surface area contributed by atoms with Crippen LogP contribution < -0.4 is 5.73 Å². The minimum atomic E-state index is -4.59. The van der Waals surface area contributed by atoms with Gasteiger partial charge >= 0.3 is 6.18 Å². The first-order valence-corrected chi connectivity index (χ1v) is 10.8. The summed E-state index contributed by atoms with van der Waals surface area (Å²) in [5.74, 6) is -0.706. The summed E-state index contributed by atoms with van der Waals surface area (Å²) in [6, 6.07) is 2.60. The first kappa shape index (κ1) is 21.2. The number of amides is 1. The molecule has 1 amide bonds. The standard InChI is InChI=1S/C22H22F4N2OS/c1-11-20(14-4-5-17(21(27)29)18(9-14)13-2-3-13)30-19(28-11)8-12-6-15(22(24,25)26)10-16(23)7-12/h4-7,10-11,13-14,20H,2-3,8-9H2,1H3,(H2,27,29). The van der Waals surface area contributed by atoms with Gasteiger partial charge in [0.05, 0.1) is 16.6 Å². The van der Waals surface area contributed by atoms with Gasteiger partial charge in [-0.15, -0.1) is 11.8 Å². The van der Waals surface area contributed by atoms with Crippen molar-refractivity contribution >= 4 is 22.7 Å². The Morgan fingerprint density at radius 1 is 1.27 bits per heavy atom. The fourth-order valence-corrected chi connectivity index (χ4v) is 5.66. The smallest absolute Gasteiger partial charge is 0.366 e. The second-order valence-corrected chi connectivity index (χ2v) is 9.42. The van der Waals surface area contributed by atoms with Crippen molar-refractivity contribution in [3.8, 4) is 0 Å². The lowest BCUT2D eigenvalue weighted by Crippen LogP contribution is -2.27. The van der Waals surface area contributed by atoms with Crippen molar-refractivity contribution in [2.24, 2.45) is 22.6 Å². The van der Waals surface area contributed by atoms with Gasteiger partial charge in [-0.1, -0.05) is 17.7 Å². The van der Waals surface area contributed by atoms with Gasteiger partial charge < -0.3 is 5.73 Å². The van der Waals surface area contributed by atoms with Crippen LogP contribution in [0.25, 0.3) is 0 Å². The highest BCUT2D eigenvalue weighted by Gasteiger charge is 2.38. The predicted octanol–water partition coefficient (Wildman–Crippen LogP) is 5.06. The molecule has 8 heteroatoms. The molecule has 0 spiro atoms. The monoisotopic (exact) mass is 438 g/mol. The van der Waals surface area contributed by atoms with Gasteiger partial charge in [0.15, 0.2) is 0 Å². The number of alkyl halides is 3. The number of carbonyl (C=O) groups is 1. The van der Waals surface area contributed by atoms with Crippen molar-refractivity contribution < 1.29 is 22.4 Å². The summed E-state index contributed by atoms with van der Waals surface area (Å²) in [4.78, 5) is 16.4. The molecular weight excluding hydrogens is 416 g/mol. The summed E-state index contributed by atoms with van der Waals surface area (Å²) in [6.45, 7) is 1.98. The molecule has 1 saturated carbocycles. The van der Waals surface area contributed by atoms with Crippen molar-refractivity contribution in [1.82, 2.24) is 0 Å². The van der Waals surface area contributed by atoms with Crippen molar-refractivity contribution in [3.05, 3.63) is 58.4 Å². The lowest BCUT2D eigenvalue weighted by atomic mass is 9.83. The fourth-order valence-electron chi connectivity index (χ4n) is 4.25. The molecule has 3 unspecified atom stereocenters. The molecule has 1 heterocycles. The molecule has 3 atom stereocenters. The van der Waals surface area contributed by atoms with E-state index in [1.165, 1.54) is 11.8 Å². The summed E-state index contributed by atoms with van der Waals surface area (Å²) in [5.41, 5.74) is 6.54. The van der Waals surface area contributed by atoms with E-state index in [-0.39, 0.29) is 29.2 Å². The summed E-state index contributed by atoms with van der Waals surface area (Å²) in [7, 11) is 0. The molecule has 0 radical (unpaired) electrons. The van der Waals surface area contributed by atoms with Gasteiger partial charge in [0, 0.05) is 17.2 Å². The van der Waals surface area contributed by atoms with Crippen LogP contribution in [-0.2, 0) is 17.4 Å². The lowest BCUT2D eigenvalue weighted by molar-refractivity contribution is -0.137. The number of thioether (sulfide) groups is 1. The van der Waals surface area contributed by atoms with Crippen molar-refractivity contribution in [2.45, 2.75) is 50.1 Å². The molecule has 1 aromatic rings.